The Balaban J connectivity index is 1.30. The molecule has 1 N–H and O–H groups in total. The maximum absolute atomic E-state index is 5.79. The molecule has 0 spiro atoms. The van der Waals surface area contributed by atoms with Gasteiger partial charge >= 0.3 is 0 Å². The number of fused-ring (bicyclic) bond motifs is 1. The normalized spacial score (nSPS) is 15.3. The summed E-state index contributed by atoms with van der Waals surface area (Å²) in [5.41, 5.74) is 3.34. The van der Waals surface area contributed by atoms with Crippen LogP contribution in [0.25, 0.3) is 10.2 Å². The zero-order valence-electron chi connectivity index (χ0n) is 20.1. The third-order valence-corrected chi connectivity index (χ3v) is 7.91. The molecule has 5 aromatic rings. The van der Waals surface area contributed by atoms with Crippen molar-refractivity contribution in [3.63, 3.8) is 0 Å². The van der Waals surface area contributed by atoms with Gasteiger partial charge in [0.2, 0.25) is 5.82 Å². The molecule has 1 aliphatic rings. The van der Waals surface area contributed by atoms with Crippen LogP contribution < -0.4 is 14.5 Å². The van der Waals surface area contributed by atoms with Gasteiger partial charge < -0.3 is 14.5 Å². The van der Waals surface area contributed by atoms with Gasteiger partial charge in [0, 0.05) is 0 Å². The first kappa shape index (κ1) is 22.6. The predicted molar refractivity (Wildman–Crippen MR) is 141 cm³/mol. The molecule has 1 fully saturated rings. The van der Waals surface area contributed by atoms with Crippen LogP contribution in [0.1, 0.15) is 23.0 Å². The highest BCUT2D eigenvalue weighted by molar-refractivity contribution is 7.22. The first-order chi connectivity index (χ1) is 17.8. The molecule has 1 aliphatic heterocycles. The van der Waals surface area contributed by atoms with Crippen molar-refractivity contribution in [2.45, 2.75) is 12.6 Å². The Bertz CT molecular complexity index is 1410. The fourth-order valence-electron chi connectivity index (χ4n) is 5.00. The summed E-state index contributed by atoms with van der Waals surface area (Å²) in [5.74, 6) is 1.71. The minimum atomic E-state index is -0.0441. The van der Waals surface area contributed by atoms with Gasteiger partial charge in [0.1, 0.15) is 5.75 Å². The van der Waals surface area contributed by atoms with Gasteiger partial charge in [-0.15, -0.1) is 5.10 Å². The number of hydrogen-bond donors (Lipinski definition) is 1. The average molecular weight is 499 g/mol. The van der Waals surface area contributed by atoms with E-state index in [9.17, 15) is 0 Å². The number of quaternary nitrogens is 1. The van der Waals surface area contributed by atoms with Crippen LogP contribution in [0, 0.1) is 0 Å². The number of ether oxygens (including phenoxy) is 1. The van der Waals surface area contributed by atoms with Crippen LogP contribution >= 0.6 is 11.3 Å². The molecule has 1 saturated heterocycles. The summed E-state index contributed by atoms with van der Waals surface area (Å²) in [6, 6.07) is 26.8. The number of benzene rings is 3. The summed E-state index contributed by atoms with van der Waals surface area (Å²) < 4.78 is 8.95. The highest BCUT2D eigenvalue weighted by Crippen LogP contribution is 2.30. The highest BCUT2D eigenvalue weighted by Gasteiger charge is 2.36. The Labute approximate surface area is 213 Å². The van der Waals surface area contributed by atoms with Crippen molar-refractivity contribution in [1.29, 1.82) is 0 Å². The summed E-state index contributed by atoms with van der Waals surface area (Å²) in [5, 5.41) is 14.1. The molecule has 6 rings (SSSR count). The van der Waals surface area contributed by atoms with Crippen LogP contribution in [0.2, 0.25) is 0 Å². The maximum atomic E-state index is 5.79. The van der Waals surface area contributed by atoms with Crippen LogP contribution in [0.3, 0.4) is 0 Å². The van der Waals surface area contributed by atoms with Gasteiger partial charge in [-0.2, -0.15) is 0 Å². The predicted octanol–water partition coefficient (Wildman–Crippen LogP) is 2.83. The second-order valence-electron chi connectivity index (χ2n) is 8.96. The van der Waals surface area contributed by atoms with E-state index in [1.54, 1.807) is 18.4 Å². The number of hydrogen-bond acceptors (Lipinski definition) is 7. The molecule has 0 radical (unpaired) electrons. The van der Waals surface area contributed by atoms with E-state index in [-0.39, 0.29) is 6.04 Å². The molecule has 0 unspecified atom stereocenters. The molecule has 36 heavy (non-hydrogen) atoms. The van der Waals surface area contributed by atoms with E-state index in [1.807, 2.05) is 41.1 Å². The van der Waals surface area contributed by atoms with Crippen LogP contribution in [0.5, 0.6) is 5.75 Å². The molecule has 182 valence electrons. The smallest absolute Gasteiger partial charge is 0.214 e. The van der Waals surface area contributed by atoms with E-state index >= 15 is 0 Å². The van der Waals surface area contributed by atoms with Gasteiger partial charge in [-0.1, -0.05) is 65.9 Å². The first-order valence-corrected chi connectivity index (χ1v) is 13.0. The third-order valence-electron chi connectivity index (χ3n) is 6.81. The zero-order valence-corrected chi connectivity index (χ0v) is 20.9. The van der Waals surface area contributed by atoms with Gasteiger partial charge in [-0.3, -0.25) is 0 Å². The first-order valence-electron chi connectivity index (χ1n) is 12.2. The van der Waals surface area contributed by atoms with Crippen molar-refractivity contribution in [3.05, 3.63) is 95.8 Å². The monoisotopic (exact) mass is 498 g/mol. The summed E-state index contributed by atoms with van der Waals surface area (Å²) in [6.45, 7) is 4.34. The van der Waals surface area contributed by atoms with Crippen molar-refractivity contribution < 1.29 is 9.64 Å². The molecule has 0 saturated carbocycles. The molecule has 2 aromatic heterocycles. The van der Waals surface area contributed by atoms with Gasteiger partial charge in [-0.25, -0.2) is 9.67 Å². The van der Waals surface area contributed by atoms with Gasteiger partial charge in [0.15, 0.2) is 11.2 Å². The fraction of sp³-hybridized carbons (Fsp3) is 0.259. The van der Waals surface area contributed by atoms with Crippen molar-refractivity contribution in [1.82, 2.24) is 25.2 Å². The number of nitrogens with zero attached hydrogens (tertiary/aromatic N) is 6. The van der Waals surface area contributed by atoms with E-state index in [0.717, 1.165) is 54.0 Å². The average Bonchev–Trinajstić information content (AvgIpc) is 3.57. The fourth-order valence-corrected chi connectivity index (χ4v) is 6.02. The molecule has 0 bridgehead atoms. The van der Waals surface area contributed by atoms with Crippen LogP contribution in [-0.2, 0) is 6.54 Å². The van der Waals surface area contributed by atoms with E-state index in [4.69, 9.17) is 9.72 Å². The molecule has 8 nitrogen and oxygen atoms in total. The van der Waals surface area contributed by atoms with Crippen LogP contribution in [0.15, 0.2) is 78.9 Å². The lowest BCUT2D eigenvalue weighted by atomic mass is 10.0. The largest absolute Gasteiger partial charge is 0.496 e. The summed E-state index contributed by atoms with van der Waals surface area (Å²) >= 11 is 1.77. The molecular weight excluding hydrogens is 470 g/mol. The standard InChI is InChI=1S/C27H27N7OS/c1-35-23-13-7-5-11-21(23)25(26-29-30-31-34(26)19-20-9-3-2-4-10-20)32-15-17-33(18-16-32)27-28-22-12-6-8-14-24(22)36-27/h2-14,25H,15-19H2,1H3/p+1/t25-/m1/s1. The summed E-state index contributed by atoms with van der Waals surface area (Å²) in [4.78, 5) is 8.70. The van der Waals surface area contributed by atoms with Gasteiger partial charge in [-0.05, 0) is 40.3 Å². The lowest BCUT2D eigenvalue weighted by Gasteiger charge is -2.36. The van der Waals surface area contributed by atoms with Crippen molar-refractivity contribution in [2.75, 3.05) is 38.2 Å². The Morgan fingerprint density at radius 2 is 1.69 bits per heavy atom. The highest BCUT2D eigenvalue weighted by atomic mass is 32.1. The third kappa shape index (κ3) is 4.43. The number of nitrogens with one attached hydrogen (secondary N) is 1. The second-order valence-corrected chi connectivity index (χ2v) is 9.97. The van der Waals surface area contributed by atoms with Gasteiger partial charge in [0.25, 0.3) is 0 Å². The number of methoxy groups -OCH3 is 1. The Morgan fingerprint density at radius 1 is 0.944 bits per heavy atom. The minimum absolute atomic E-state index is 0.0441. The number of tetrazole rings is 1. The van der Waals surface area contributed by atoms with Crippen molar-refractivity contribution in [3.8, 4) is 5.75 Å². The van der Waals surface area contributed by atoms with Crippen molar-refractivity contribution in [2.24, 2.45) is 0 Å². The SMILES string of the molecule is COc1ccccc1[C@H](c1nnnn1Cc1ccccc1)[NH+]1CCN(c2nc3ccccc3s2)CC1. The van der Waals surface area contributed by atoms with E-state index in [2.05, 4.69) is 62.9 Å². The Morgan fingerprint density at radius 3 is 2.50 bits per heavy atom. The summed E-state index contributed by atoms with van der Waals surface area (Å²) in [7, 11) is 1.73. The van der Waals surface area contributed by atoms with E-state index in [1.165, 1.54) is 15.2 Å². The molecule has 1 atom stereocenters. The van der Waals surface area contributed by atoms with Gasteiger partial charge in [0.05, 0.1) is 55.6 Å². The second kappa shape index (κ2) is 10.0. The molecular formula is C27H28N7OS+. The topological polar surface area (TPSA) is 73.4 Å². The lowest BCUT2D eigenvalue weighted by Crippen LogP contribution is -3.15. The number of piperazine rings is 1. The maximum Gasteiger partial charge on any atom is 0.214 e. The summed E-state index contributed by atoms with van der Waals surface area (Å²) in [6.07, 6.45) is 0. The molecule has 3 aromatic carbocycles. The quantitative estimate of drug-likeness (QED) is 0.372. The van der Waals surface area contributed by atoms with Crippen molar-refractivity contribution >= 4 is 26.7 Å². The number of thiazole rings is 1. The van der Waals surface area contributed by atoms with E-state index < -0.39 is 0 Å². The zero-order chi connectivity index (χ0) is 24.3. The molecule has 0 amide bonds. The molecule has 9 heteroatoms. The number of anilines is 1. The Kier molecular flexibility index (Phi) is 6.31. The van der Waals surface area contributed by atoms with Crippen LogP contribution in [0.4, 0.5) is 5.13 Å². The number of para-hydroxylation sites is 2. The molecule has 3 heterocycles. The van der Waals surface area contributed by atoms with Crippen LogP contribution in [-0.4, -0.2) is 58.5 Å². The Hall–Kier alpha value is -3.82. The number of aromatic nitrogens is 5. The lowest BCUT2D eigenvalue weighted by molar-refractivity contribution is -0.927. The number of rotatable bonds is 7. The van der Waals surface area contributed by atoms with E-state index in [0.29, 0.717) is 6.54 Å². The minimum Gasteiger partial charge on any atom is -0.496 e. The molecule has 0 aliphatic carbocycles.